The number of benzene rings is 4. The van der Waals surface area contributed by atoms with Crippen molar-refractivity contribution in [3.8, 4) is 17.2 Å². The molecule has 0 aliphatic carbocycles. The Labute approximate surface area is 232 Å². The van der Waals surface area contributed by atoms with Crippen molar-refractivity contribution in [1.82, 2.24) is 4.98 Å². The summed E-state index contributed by atoms with van der Waals surface area (Å²) < 4.78 is 30.7. The number of halogens is 1. The highest BCUT2D eigenvalue weighted by Gasteiger charge is 2.18. The van der Waals surface area contributed by atoms with Crippen molar-refractivity contribution in [2.45, 2.75) is 19.9 Å². The molecule has 0 aliphatic heterocycles. The maximum absolute atomic E-state index is 13.9. The van der Waals surface area contributed by atoms with E-state index in [9.17, 15) is 9.18 Å². The number of rotatable bonds is 10. The van der Waals surface area contributed by atoms with E-state index in [-0.39, 0.29) is 5.56 Å². The van der Waals surface area contributed by atoms with Crippen LogP contribution in [-0.2, 0) is 17.7 Å². The number of anilines is 2. The zero-order valence-corrected chi connectivity index (χ0v) is 22.3. The van der Waals surface area contributed by atoms with Crippen LogP contribution in [0.15, 0.2) is 108 Å². The molecule has 0 amide bonds. The monoisotopic (exact) mass is 536 g/mol. The number of ether oxygens (including phenoxy) is 2. The zero-order valence-electron chi connectivity index (χ0n) is 22.3. The van der Waals surface area contributed by atoms with Crippen LogP contribution in [0.25, 0.3) is 11.5 Å². The van der Waals surface area contributed by atoms with Crippen LogP contribution in [0.1, 0.15) is 27.4 Å². The van der Waals surface area contributed by atoms with E-state index in [1.807, 2.05) is 96.8 Å². The molecule has 0 aliphatic rings. The molecule has 4 aromatic carbocycles. The highest BCUT2D eigenvalue weighted by molar-refractivity contribution is 5.91. The van der Waals surface area contributed by atoms with Crippen LogP contribution in [0, 0.1) is 12.7 Å². The van der Waals surface area contributed by atoms with Gasteiger partial charge in [0.2, 0.25) is 5.89 Å². The number of esters is 1. The number of aromatic nitrogens is 1. The summed E-state index contributed by atoms with van der Waals surface area (Å²) in [4.78, 5) is 19.0. The molecule has 6 nitrogen and oxygen atoms in total. The molecule has 7 heteroatoms. The lowest BCUT2D eigenvalue weighted by atomic mass is 10.1. The van der Waals surface area contributed by atoms with Crippen LogP contribution in [0.2, 0.25) is 0 Å². The summed E-state index contributed by atoms with van der Waals surface area (Å²) in [6, 6.07) is 31.5. The number of methoxy groups -OCH3 is 1. The average Bonchev–Trinajstić information content (AvgIpc) is 3.37. The fraction of sp³-hybridized carbons (Fsp3) is 0.152. The predicted octanol–water partition coefficient (Wildman–Crippen LogP) is 7.54. The van der Waals surface area contributed by atoms with Gasteiger partial charge in [-0.1, -0.05) is 42.5 Å². The van der Waals surface area contributed by atoms with Crippen molar-refractivity contribution in [1.29, 1.82) is 0 Å². The first-order valence-corrected chi connectivity index (χ1v) is 13.0. The number of oxazole rings is 1. The summed E-state index contributed by atoms with van der Waals surface area (Å²) in [7, 11) is 1.29. The van der Waals surface area contributed by atoms with Gasteiger partial charge in [0.15, 0.2) is 0 Å². The molecule has 202 valence electrons. The normalized spacial score (nSPS) is 10.8. The number of aryl methyl sites for hydroxylation is 1. The zero-order chi connectivity index (χ0) is 27.9. The van der Waals surface area contributed by atoms with Gasteiger partial charge in [-0.3, -0.25) is 0 Å². The van der Waals surface area contributed by atoms with E-state index in [0.717, 1.165) is 34.1 Å². The van der Waals surface area contributed by atoms with Crippen molar-refractivity contribution < 1.29 is 23.1 Å². The van der Waals surface area contributed by atoms with Gasteiger partial charge in [-0.25, -0.2) is 14.2 Å². The summed E-state index contributed by atoms with van der Waals surface area (Å²) in [5, 5.41) is 0. The van der Waals surface area contributed by atoms with Crippen LogP contribution >= 0.6 is 0 Å². The van der Waals surface area contributed by atoms with Crippen molar-refractivity contribution in [3.05, 3.63) is 132 Å². The third kappa shape index (κ3) is 6.21. The van der Waals surface area contributed by atoms with Crippen molar-refractivity contribution in [2.24, 2.45) is 0 Å². The molecule has 40 heavy (non-hydrogen) atoms. The molecule has 0 N–H and O–H groups in total. The molecular formula is C33H29FN2O4. The third-order valence-electron chi connectivity index (χ3n) is 6.54. The van der Waals surface area contributed by atoms with Crippen LogP contribution in [0.5, 0.6) is 5.75 Å². The number of carbonyl (C=O) groups is 1. The van der Waals surface area contributed by atoms with Gasteiger partial charge < -0.3 is 18.8 Å². The van der Waals surface area contributed by atoms with E-state index in [2.05, 4.69) is 4.98 Å². The quantitative estimate of drug-likeness (QED) is 0.172. The van der Waals surface area contributed by atoms with E-state index in [1.165, 1.54) is 19.2 Å². The Balaban J connectivity index is 1.30. The van der Waals surface area contributed by atoms with Crippen LogP contribution in [0.3, 0.4) is 0 Å². The molecule has 0 spiro atoms. The van der Waals surface area contributed by atoms with Gasteiger partial charge in [-0.05, 0) is 73.2 Å². The Morgan fingerprint density at radius 1 is 0.900 bits per heavy atom. The highest BCUT2D eigenvalue weighted by Crippen LogP contribution is 2.30. The van der Waals surface area contributed by atoms with Gasteiger partial charge in [-0.2, -0.15) is 0 Å². The first kappa shape index (κ1) is 26.7. The maximum atomic E-state index is 13.9. The Hall–Kier alpha value is -4.91. The van der Waals surface area contributed by atoms with E-state index < -0.39 is 11.8 Å². The molecule has 5 aromatic rings. The minimum Gasteiger partial charge on any atom is -0.493 e. The van der Waals surface area contributed by atoms with Crippen molar-refractivity contribution in [2.75, 3.05) is 18.6 Å². The van der Waals surface area contributed by atoms with Gasteiger partial charge in [0, 0.05) is 29.9 Å². The first-order valence-electron chi connectivity index (χ1n) is 13.0. The van der Waals surface area contributed by atoms with Crippen LogP contribution in [-0.4, -0.2) is 24.7 Å². The number of nitrogens with zero attached hydrogens (tertiary/aromatic N) is 2. The lowest BCUT2D eigenvalue weighted by molar-refractivity contribution is 0.0599. The van der Waals surface area contributed by atoms with E-state index in [1.54, 1.807) is 6.07 Å². The second-order valence-corrected chi connectivity index (χ2v) is 9.20. The van der Waals surface area contributed by atoms with E-state index in [0.29, 0.717) is 31.0 Å². The second-order valence-electron chi connectivity index (χ2n) is 9.20. The molecule has 0 fully saturated rings. The number of hydrogen-bond donors (Lipinski definition) is 0. The molecule has 0 radical (unpaired) electrons. The molecule has 0 atom stereocenters. The van der Waals surface area contributed by atoms with Crippen molar-refractivity contribution >= 4 is 17.3 Å². The number of hydrogen-bond acceptors (Lipinski definition) is 6. The smallest absolute Gasteiger partial charge is 0.338 e. The molecule has 1 aromatic heterocycles. The molecule has 5 rings (SSSR count). The summed E-state index contributed by atoms with van der Waals surface area (Å²) in [5.74, 6) is 1.04. The Bertz CT molecular complexity index is 1570. The third-order valence-corrected chi connectivity index (χ3v) is 6.54. The summed E-state index contributed by atoms with van der Waals surface area (Å²) >= 11 is 0. The molecule has 0 saturated carbocycles. The van der Waals surface area contributed by atoms with Gasteiger partial charge >= 0.3 is 5.97 Å². The van der Waals surface area contributed by atoms with Gasteiger partial charge in [0.25, 0.3) is 0 Å². The minimum absolute atomic E-state index is 0.196. The van der Waals surface area contributed by atoms with E-state index in [4.69, 9.17) is 13.9 Å². The standard InChI is InChI=1S/C33H29FN2O4/c1-23-31(35-32(40-23)24-9-5-3-6-10-24)19-20-39-29-17-15-28(16-18-29)36(27-11-7-4-8-12-27)22-25-13-14-26(34)21-30(25)33(37)38-2/h3-18,21H,19-20,22H2,1-2H3. The lowest BCUT2D eigenvalue weighted by Gasteiger charge is -2.26. The maximum Gasteiger partial charge on any atom is 0.338 e. The van der Waals surface area contributed by atoms with Gasteiger partial charge in [0.1, 0.15) is 17.3 Å². The Kier molecular flexibility index (Phi) is 8.21. The predicted molar refractivity (Wildman–Crippen MR) is 152 cm³/mol. The molecule has 0 unspecified atom stereocenters. The van der Waals surface area contributed by atoms with Crippen LogP contribution < -0.4 is 9.64 Å². The average molecular weight is 537 g/mol. The molecule has 1 heterocycles. The van der Waals surface area contributed by atoms with Gasteiger partial charge in [0.05, 0.1) is 25.0 Å². The highest BCUT2D eigenvalue weighted by atomic mass is 19.1. The summed E-state index contributed by atoms with van der Waals surface area (Å²) in [6.45, 7) is 2.69. The minimum atomic E-state index is -0.579. The lowest BCUT2D eigenvalue weighted by Crippen LogP contribution is -2.19. The number of para-hydroxylation sites is 1. The van der Waals surface area contributed by atoms with Crippen molar-refractivity contribution in [3.63, 3.8) is 0 Å². The fourth-order valence-corrected chi connectivity index (χ4v) is 4.45. The summed E-state index contributed by atoms with van der Waals surface area (Å²) in [5.41, 5.74) is 4.46. The molecule has 0 saturated heterocycles. The molecule has 0 bridgehead atoms. The molecular weight excluding hydrogens is 507 g/mol. The van der Waals surface area contributed by atoms with Crippen LogP contribution in [0.4, 0.5) is 15.8 Å². The number of carbonyl (C=O) groups excluding carboxylic acids is 1. The Morgan fingerprint density at radius 3 is 2.27 bits per heavy atom. The Morgan fingerprint density at radius 2 is 1.57 bits per heavy atom. The largest absolute Gasteiger partial charge is 0.493 e. The van der Waals surface area contributed by atoms with Gasteiger partial charge in [-0.15, -0.1) is 0 Å². The fourth-order valence-electron chi connectivity index (χ4n) is 4.45. The summed E-state index contributed by atoms with van der Waals surface area (Å²) in [6.07, 6.45) is 0.612. The second kappa shape index (κ2) is 12.3. The van der Waals surface area contributed by atoms with E-state index >= 15 is 0 Å². The first-order chi connectivity index (χ1) is 19.5. The SMILES string of the molecule is COC(=O)c1cc(F)ccc1CN(c1ccccc1)c1ccc(OCCc2nc(-c3ccccc3)oc2C)cc1. The topological polar surface area (TPSA) is 64.8 Å².